The predicted octanol–water partition coefficient (Wildman–Crippen LogP) is 1.88. The molecule has 2 aromatic rings. The molecular formula is C19H19N3O5S. The lowest BCUT2D eigenvalue weighted by molar-refractivity contribution is -0.122. The number of amides is 2. The molecule has 0 radical (unpaired) electrons. The summed E-state index contributed by atoms with van der Waals surface area (Å²) in [6, 6.07) is 6.79. The Morgan fingerprint density at radius 1 is 1.07 bits per heavy atom. The molecule has 1 saturated heterocycles. The van der Waals surface area contributed by atoms with Gasteiger partial charge in [-0.05, 0) is 30.4 Å². The van der Waals surface area contributed by atoms with Gasteiger partial charge in [-0.2, -0.15) is 0 Å². The number of carbonyl (C=O) groups excluding carboxylic acids is 2. The van der Waals surface area contributed by atoms with Gasteiger partial charge in [0.15, 0.2) is 16.6 Å². The van der Waals surface area contributed by atoms with Gasteiger partial charge in [0.25, 0.3) is 11.8 Å². The topological polar surface area (TPSA) is 82.0 Å². The molecule has 1 fully saturated rings. The van der Waals surface area contributed by atoms with Crippen molar-refractivity contribution in [3.05, 3.63) is 41.7 Å². The minimum absolute atomic E-state index is 0.0340. The molecule has 146 valence electrons. The van der Waals surface area contributed by atoms with Crippen LogP contribution in [0, 0.1) is 0 Å². The molecule has 1 aromatic carbocycles. The van der Waals surface area contributed by atoms with Crippen molar-refractivity contribution in [1.29, 1.82) is 0 Å². The maximum absolute atomic E-state index is 13.1. The van der Waals surface area contributed by atoms with Gasteiger partial charge in [0.1, 0.15) is 5.57 Å². The molecule has 1 aromatic heterocycles. The second-order valence-corrected chi connectivity index (χ2v) is 6.27. The number of nitrogens with one attached hydrogen (secondary N) is 1. The fourth-order valence-corrected chi connectivity index (χ4v) is 3.14. The average Bonchev–Trinajstić information content (AvgIpc) is 3.08. The first kappa shape index (κ1) is 19.4. The summed E-state index contributed by atoms with van der Waals surface area (Å²) in [4.78, 5) is 26.7. The molecule has 2 amide bonds. The van der Waals surface area contributed by atoms with E-state index in [0.717, 1.165) is 0 Å². The summed E-state index contributed by atoms with van der Waals surface area (Å²) < 4.78 is 17.8. The SMILES string of the molecule is COc1cc(N2C(=O)C(=Cc3cccn3C)C(=O)NC2=S)cc(OC)c1OC. The van der Waals surface area contributed by atoms with Crippen molar-refractivity contribution in [2.24, 2.45) is 7.05 Å². The third-order valence-electron chi connectivity index (χ3n) is 4.29. The van der Waals surface area contributed by atoms with Crippen LogP contribution in [0.4, 0.5) is 5.69 Å². The van der Waals surface area contributed by atoms with Crippen molar-refractivity contribution in [2.75, 3.05) is 26.2 Å². The van der Waals surface area contributed by atoms with Crippen molar-refractivity contribution in [2.45, 2.75) is 0 Å². The lowest BCUT2D eigenvalue weighted by Gasteiger charge is -2.29. The van der Waals surface area contributed by atoms with Crippen molar-refractivity contribution in [3.8, 4) is 17.2 Å². The number of ether oxygens (including phenoxy) is 3. The zero-order chi connectivity index (χ0) is 20.4. The Morgan fingerprint density at radius 3 is 2.21 bits per heavy atom. The third kappa shape index (κ3) is 3.31. The van der Waals surface area contributed by atoms with Gasteiger partial charge in [-0.3, -0.25) is 19.8 Å². The molecule has 3 rings (SSSR count). The van der Waals surface area contributed by atoms with E-state index >= 15 is 0 Å². The second kappa shape index (κ2) is 7.73. The van der Waals surface area contributed by atoms with E-state index in [1.54, 1.807) is 22.8 Å². The molecular weight excluding hydrogens is 382 g/mol. The molecule has 0 bridgehead atoms. The van der Waals surface area contributed by atoms with E-state index in [1.165, 1.54) is 32.3 Å². The lowest BCUT2D eigenvalue weighted by Crippen LogP contribution is -2.54. The monoisotopic (exact) mass is 401 g/mol. The largest absolute Gasteiger partial charge is 0.493 e. The minimum Gasteiger partial charge on any atom is -0.493 e. The molecule has 0 spiro atoms. The van der Waals surface area contributed by atoms with E-state index in [1.807, 2.05) is 19.3 Å². The maximum Gasteiger partial charge on any atom is 0.270 e. The number of benzene rings is 1. The molecule has 2 heterocycles. The van der Waals surface area contributed by atoms with Gasteiger partial charge in [0, 0.05) is 31.1 Å². The Balaban J connectivity index is 2.10. The second-order valence-electron chi connectivity index (χ2n) is 5.89. The molecule has 1 aliphatic rings. The quantitative estimate of drug-likeness (QED) is 0.468. The number of hydrogen-bond acceptors (Lipinski definition) is 6. The maximum atomic E-state index is 13.1. The number of nitrogens with zero attached hydrogens (tertiary/aromatic N) is 2. The first-order valence-corrected chi connectivity index (χ1v) is 8.64. The first-order valence-electron chi connectivity index (χ1n) is 8.24. The fourth-order valence-electron chi connectivity index (χ4n) is 2.86. The van der Waals surface area contributed by atoms with Crippen LogP contribution in [0.5, 0.6) is 17.2 Å². The van der Waals surface area contributed by atoms with Crippen LogP contribution in [0.15, 0.2) is 36.0 Å². The summed E-state index contributed by atoms with van der Waals surface area (Å²) in [6.45, 7) is 0. The van der Waals surface area contributed by atoms with E-state index in [4.69, 9.17) is 26.4 Å². The van der Waals surface area contributed by atoms with Gasteiger partial charge in [-0.15, -0.1) is 0 Å². The molecule has 0 atom stereocenters. The van der Waals surface area contributed by atoms with E-state index < -0.39 is 11.8 Å². The van der Waals surface area contributed by atoms with Gasteiger partial charge < -0.3 is 18.8 Å². The molecule has 0 unspecified atom stereocenters. The third-order valence-corrected chi connectivity index (χ3v) is 4.57. The van der Waals surface area contributed by atoms with Crippen LogP contribution in [0.1, 0.15) is 5.69 Å². The number of hydrogen-bond donors (Lipinski definition) is 1. The molecule has 0 aliphatic carbocycles. The molecule has 1 aliphatic heterocycles. The highest BCUT2D eigenvalue weighted by atomic mass is 32.1. The number of thiocarbonyl (C=S) groups is 1. The zero-order valence-electron chi connectivity index (χ0n) is 15.8. The number of methoxy groups -OCH3 is 3. The smallest absolute Gasteiger partial charge is 0.270 e. The van der Waals surface area contributed by atoms with Crippen LogP contribution in [0.3, 0.4) is 0 Å². The summed E-state index contributed by atoms with van der Waals surface area (Å²) in [6.07, 6.45) is 3.34. The van der Waals surface area contributed by atoms with E-state index in [0.29, 0.717) is 28.6 Å². The Morgan fingerprint density at radius 2 is 1.71 bits per heavy atom. The summed E-state index contributed by atoms with van der Waals surface area (Å²) >= 11 is 5.24. The van der Waals surface area contributed by atoms with E-state index in [2.05, 4.69) is 5.32 Å². The van der Waals surface area contributed by atoms with Crippen molar-refractivity contribution in [3.63, 3.8) is 0 Å². The fraction of sp³-hybridized carbons (Fsp3) is 0.211. The number of aryl methyl sites for hydroxylation is 1. The minimum atomic E-state index is -0.556. The van der Waals surface area contributed by atoms with Crippen molar-refractivity contribution < 1.29 is 23.8 Å². The van der Waals surface area contributed by atoms with Gasteiger partial charge in [-0.25, -0.2) is 0 Å². The van der Waals surface area contributed by atoms with E-state index in [-0.39, 0.29) is 10.7 Å². The number of rotatable bonds is 5. The van der Waals surface area contributed by atoms with Gasteiger partial charge in [0.05, 0.1) is 27.0 Å². The molecule has 8 nitrogen and oxygen atoms in total. The summed E-state index contributed by atoms with van der Waals surface area (Å²) in [7, 11) is 6.25. The van der Waals surface area contributed by atoms with Crippen LogP contribution >= 0.6 is 12.2 Å². The Bertz CT molecular complexity index is 970. The summed E-state index contributed by atoms with van der Waals surface area (Å²) in [5.41, 5.74) is 1.04. The lowest BCUT2D eigenvalue weighted by atomic mass is 10.1. The van der Waals surface area contributed by atoms with Gasteiger partial charge in [-0.1, -0.05) is 0 Å². The van der Waals surface area contributed by atoms with Gasteiger partial charge in [0.2, 0.25) is 5.75 Å². The average molecular weight is 401 g/mol. The molecule has 28 heavy (non-hydrogen) atoms. The number of carbonyl (C=O) groups is 2. The van der Waals surface area contributed by atoms with E-state index in [9.17, 15) is 9.59 Å². The summed E-state index contributed by atoms with van der Waals surface area (Å²) in [5.74, 6) is -0.00789. The normalized spacial score (nSPS) is 15.6. The molecule has 0 saturated carbocycles. The zero-order valence-corrected chi connectivity index (χ0v) is 16.6. The standard InChI is InChI=1S/C19H19N3O5S/c1-21-7-5-6-11(21)8-13-17(23)20-19(28)22(18(13)24)12-9-14(25-2)16(27-4)15(10-12)26-3/h5-10H,1-4H3,(H,20,23,28). The Kier molecular flexibility index (Phi) is 5.36. The highest BCUT2D eigenvalue weighted by Gasteiger charge is 2.35. The molecule has 9 heteroatoms. The first-order chi connectivity index (χ1) is 13.4. The van der Waals surface area contributed by atoms with Gasteiger partial charge >= 0.3 is 0 Å². The highest BCUT2D eigenvalue weighted by Crippen LogP contribution is 2.41. The number of anilines is 1. The highest BCUT2D eigenvalue weighted by molar-refractivity contribution is 7.80. The van der Waals surface area contributed by atoms with Crippen LogP contribution in [0.2, 0.25) is 0 Å². The van der Waals surface area contributed by atoms with Crippen LogP contribution in [-0.2, 0) is 16.6 Å². The van der Waals surface area contributed by atoms with Crippen LogP contribution in [-0.4, -0.2) is 42.8 Å². The summed E-state index contributed by atoms with van der Waals surface area (Å²) in [5, 5.41) is 2.52. The van der Waals surface area contributed by atoms with Crippen molar-refractivity contribution >= 4 is 40.9 Å². The van der Waals surface area contributed by atoms with Crippen LogP contribution in [0.25, 0.3) is 6.08 Å². The number of aromatic nitrogens is 1. The Labute approximate surface area is 167 Å². The Hall–Kier alpha value is -3.33. The van der Waals surface area contributed by atoms with Crippen molar-refractivity contribution in [1.82, 2.24) is 9.88 Å². The van der Waals surface area contributed by atoms with Crippen LogP contribution < -0.4 is 24.4 Å². The molecule has 1 N–H and O–H groups in total. The predicted molar refractivity (Wildman–Crippen MR) is 108 cm³/mol.